The van der Waals surface area contributed by atoms with Crippen molar-refractivity contribution < 1.29 is 4.79 Å². The molecule has 2 aromatic carbocycles. The molecule has 2 aromatic rings. The van der Waals surface area contributed by atoms with Crippen molar-refractivity contribution >= 4 is 11.6 Å². The summed E-state index contributed by atoms with van der Waals surface area (Å²) in [4.78, 5) is 15.1. The molecule has 1 N–H and O–H groups in total. The van der Waals surface area contributed by atoms with Crippen molar-refractivity contribution in [3.8, 4) is 0 Å². The highest BCUT2D eigenvalue weighted by molar-refractivity contribution is 6.04. The van der Waals surface area contributed by atoms with E-state index in [-0.39, 0.29) is 5.91 Å². The van der Waals surface area contributed by atoms with E-state index in [2.05, 4.69) is 29.3 Å². The third-order valence-corrected chi connectivity index (χ3v) is 6.43. The zero-order chi connectivity index (χ0) is 18.8. The summed E-state index contributed by atoms with van der Waals surface area (Å²) in [6.45, 7) is 5.69. The molecule has 1 aliphatic carbocycles. The molecule has 27 heavy (non-hydrogen) atoms. The fourth-order valence-electron chi connectivity index (χ4n) is 4.81. The minimum absolute atomic E-state index is 0.0494. The Morgan fingerprint density at radius 3 is 2.41 bits per heavy atom. The van der Waals surface area contributed by atoms with Gasteiger partial charge >= 0.3 is 0 Å². The third-order valence-electron chi connectivity index (χ3n) is 6.43. The second kappa shape index (κ2) is 7.85. The van der Waals surface area contributed by atoms with Gasteiger partial charge in [-0.1, -0.05) is 29.8 Å². The molecule has 1 saturated heterocycles. The number of amides is 1. The van der Waals surface area contributed by atoms with E-state index < -0.39 is 0 Å². The number of rotatable bonds is 4. The average Bonchev–Trinajstić information content (AvgIpc) is 3.31. The van der Waals surface area contributed by atoms with E-state index in [4.69, 9.17) is 0 Å². The first-order valence-corrected chi connectivity index (χ1v) is 10.3. The second-order valence-corrected chi connectivity index (χ2v) is 8.34. The first kappa shape index (κ1) is 18.2. The van der Waals surface area contributed by atoms with Crippen molar-refractivity contribution in [3.05, 3.63) is 65.2 Å². The van der Waals surface area contributed by atoms with E-state index in [9.17, 15) is 4.79 Å². The molecule has 142 valence electrons. The number of carbonyl (C=O) groups is 1. The third kappa shape index (κ3) is 4.08. The van der Waals surface area contributed by atoms with Gasteiger partial charge in [0.15, 0.2) is 0 Å². The predicted molar refractivity (Wildman–Crippen MR) is 111 cm³/mol. The van der Waals surface area contributed by atoms with Crippen LogP contribution >= 0.6 is 0 Å². The zero-order valence-corrected chi connectivity index (χ0v) is 16.4. The topological polar surface area (TPSA) is 32.3 Å². The van der Waals surface area contributed by atoms with Crippen LogP contribution in [-0.2, 0) is 0 Å². The van der Waals surface area contributed by atoms with Crippen LogP contribution in [0, 0.1) is 6.92 Å². The molecule has 3 heteroatoms. The van der Waals surface area contributed by atoms with Gasteiger partial charge in [0.1, 0.15) is 0 Å². The Hall–Kier alpha value is -2.13. The fraction of sp³-hybridized carbons (Fsp3) is 0.458. The molecule has 1 aliphatic heterocycles. The summed E-state index contributed by atoms with van der Waals surface area (Å²) in [5.74, 6) is 0.608. The van der Waals surface area contributed by atoms with Crippen molar-refractivity contribution in [2.24, 2.45) is 0 Å². The highest BCUT2D eigenvalue weighted by Crippen LogP contribution is 2.39. The number of hydrogen-bond acceptors (Lipinski definition) is 2. The van der Waals surface area contributed by atoms with Gasteiger partial charge in [0.05, 0.1) is 0 Å². The van der Waals surface area contributed by atoms with Crippen LogP contribution in [0.5, 0.6) is 0 Å². The minimum Gasteiger partial charge on any atom is -0.322 e. The monoisotopic (exact) mass is 362 g/mol. The van der Waals surface area contributed by atoms with Gasteiger partial charge in [-0.2, -0.15) is 0 Å². The zero-order valence-electron chi connectivity index (χ0n) is 16.4. The van der Waals surface area contributed by atoms with Crippen LogP contribution in [-0.4, -0.2) is 29.4 Å². The van der Waals surface area contributed by atoms with Crippen LogP contribution in [0.4, 0.5) is 5.69 Å². The summed E-state index contributed by atoms with van der Waals surface area (Å²) in [7, 11) is 0. The molecular formula is C24H30N2O. The van der Waals surface area contributed by atoms with Gasteiger partial charge in [0.25, 0.3) is 5.91 Å². The number of carbonyl (C=O) groups excluding carboxylic acids is 1. The van der Waals surface area contributed by atoms with Crippen molar-refractivity contribution in [3.63, 3.8) is 0 Å². The first-order valence-electron chi connectivity index (χ1n) is 10.3. The summed E-state index contributed by atoms with van der Waals surface area (Å²) >= 11 is 0. The number of benzene rings is 2. The Morgan fingerprint density at radius 1 is 1.00 bits per heavy atom. The van der Waals surface area contributed by atoms with Crippen LogP contribution in [0.1, 0.15) is 66.4 Å². The number of nitrogens with zero attached hydrogens (tertiary/aromatic N) is 1. The fourth-order valence-corrected chi connectivity index (χ4v) is 4.81. The summed E-state index contributed by atoms with van der Waals surface area (Å²) in [6, 6.07) is 17.7. The number of anilines is 1. The number of nitrogens with one attached hydrogen (secondary N) is 1. The van der Waals surface area contributed by atoms with E-state index >= 15 is 0 Å². The lowest BCUT2D eigenvalue weighted by Crippen LogP contribution is -2.35. The molecule has 3 atom stereocenters. The van der Waals surface area contributed by atoms with Gasteiger partial charge in [0, 0.05) is 23.3 Å². The van der Waals surface area contributed by atoms with Crippen LogP contribution in [0.15, 0.2) is 48.5 Å². The highest BCUT2D eigenvalue weighted by atomic mass is 16.1. The van der Waals surface area contributed by atoms with Gasteiger partial charge in [-0.25, -0.2) is 0 Å². The summed E-state index contributed by atoms with van der Waals surface area (Å²) in [6.07, 6.45) is 6.59. The van der Waals surface area contributed by atoms with E-state index in [0.717, 1.165) is 23.3 Å². The summed E-state index contributed by atoms with van der Waals surface area (Å²) in [5.41, 5.74) is 4.14. The predicted octanol–water partition coefficient (Wildman–Crippen LogP) is 5.37. The van der Waals surface area contributed by atoms with Gasteiger partial charge in [-0.05, 0) is 88.2 Å². The molecule has 1 saturated carbocycles. The molecule has 3 unspecified atom stereocenters. The molecule has 0 radical (unpaired) electrons. The lowest BCUT2D eigenvalue weighted by atomic mass is 9.97. The Labute approximate surface area is 162 Å². The molecule has 3 nitrogen and oxygen atoms in total. The van der Waals surface area contributed by atoms with Crippen molar-refractivity contribution in [2.75, 3.05) is 11.9 Å². The van der Waals surface area contributed by atoms with Crippen LogP contribution in [0.25, 0.3) is 0 Å². The molecule has 1 amide bonds. The maximum atomic E-state index is 12.4. The van der Waals surface area contributed by atoms with E-state index in [0.29, 0.717) is 11.5 Å². The quantitative estimate of drug-likeness (QED) is 0.793. The number of hydrogen-bond donors (Lipinski definition) is 1. The van der Waals surface area contributed by atoms with Crippen molar-refractivity contribution in [1.29, 1.82) is 0 Å². The van der Waals surface area contributed by atoms with E-state index in [1.807, 2.05) is 43.3 Å². The molecule has 2 fully saturated rings. The van der Waals surface area contributed by atoms with Gasteiger partial charge in [0.2, 0.25) is 0 Å². The number of aryl methyl sites for hydroxylation is 1. The molecule has 0 aromatic heterocycles. The minimum atomic E-state index is -0.0494. The Morgan fingerprint density at radius 2 is 1.74 bits per heavy atom. The normalized spacial score (nSPS) is 25.6. The lowest BCUT2D eigenvalue weighted by molar-refractivity contribution is 0.102. The Balaban J connectivity index is 1.36. The average molecular weight is 363 g/mol. The largest absolute Gasteiger partial charge is 0.322 e. The highest BCUT2D eigenvalue weighted by Gasteiger charge is 2.34. The summed E-state index contributed by atoms with van der Waals surface area (Å²) in [5, 5.41) is 3.01. The Bertz CT molecular complexity index is 781. The van der Waals surface area contributed by atoms with Crippen LogP contribution in [0.3, 0.4) is 0 Å². The Kier molecular flexibility index (Phi) is 5.31. The van der Waals surface area contributed by atoms with Crippen molar-refractivity contribution in [2.45, 2.75) is 64.0 Å². The maximum Gasteiger partial charge on any atom is 0.255 e. The van der Waals surface area contributed by atoms with Crippen molar-refractivity contribution in [1.82, 2.24) is 4.90 Å². The summed E-state index contributed by atoms with van der Waals surface area (Å²) < 4.78 is 0. The molecule has 0 bridgehead atoms. The SMILES string of the molecule is Cc1ccc(C(=O)Nc2ccc(C3CCC(N4CCCC4C)C3)cc2)cc1. The second-order valence-electron chi connectivity index (χ2n) is 8.34. The van der Waals surface area contributed by atoms with Gasteiger partial charge in [-0.15, -0.1) is 0 Å². The standard InChI is InChI=1S/C24H30N2O/c1-17-5-7-20(8-6-17)24(27)25-22-12-9-19(10-13-22)21-11-14-23(16-21)26-15-3-4-18(26)2/h5-10,12-13,18,21,23H,3-4,11,14-16H2,1-2H3,(H,25,27). The molecule has 2 aliphatic rings. The molecular weight excluding hydrogens is 332 g/mol. The lowest BCUT2D eigenvalue weighted by Gasteiger charge is -2.28. The van der Waals surface area contributed by atoms with Gasteiger partial charge in [-0.3, -0.25) is 9.69 Å². The molecule has 4 rings (SSSR count). The van der Waals surface area contributed by atoms with E-state index in [1.54, 1.807) is 0 Å². The molecule has 0 spiro atoms. The first-order chi connectivity index (χ1) is 13.1. The van der Waals surface area contributed by atoms with E-state index in [1.165, 1.54) is 44.2 Å². The number of likely N-dealkylation sites (tertiary alicyclic amines) is 1. The maximum absolute atomic E-state index is 12.4. The van der Waals surface area contributed by atoms with Crippen LogP contribution < -0.4 is 5.32 Å². The van der Waals surface area contributed by atoms with Crippen LogP contribution in [0.2, 0.25) is 0 Å². The van der Waals surface area contributed by atoms with Gasteiger partial charge < -0.3 is 5.32 Å². The molecule has 1 heterocycles. The smallest absolute Gasteiger partial charge is 0.255 e.